The van der Waals surface area contributed by atoms with E-state index in [9.17, 15) is 61.1 Å². The minimum absolute atomic E-state index is 0.0127. The number of amides is 12. The van der Waals surface area contributed by atoms with Crippen LogP contribution in [0.2, 0.25) is 5.02 Å². The fourth-order valence-corrected chi connectivity index (χ4v) is 15.1. The van der Waals surface area contributed by atoms with Crippen molar-refractivity contribution in [2.75, 3.05) is 115 Å². The van der Waals surface area contributed by atoms with E-state index in [0.29, 0.717) is 24.8 Å². The summed E-state index contributed by atoms with van der Waals surface area (Å²) < 4.78 is 53.0. The number of hydrogen-bond acceptors (Lipinski definition) is 14. The molecule has 103 heavy (non-hydrogen) atoms. The maximum Gasteiger partial charge on any atom is 0.417 e. The van der Waals surface area contributed by atoms with Crippen molar-refractivity contribution in [1.29, 1.82) is 0 Å². The number of rotatable bonds is 13. The van der Waals surface area contributed by atoms with Gasteiger partial charge in [0.25, 0.3) is 0 Å². The topological polar surface area (TPSA) is 289 Å². The number of benzene rings is 1. The first kappa shape index (κ1) is 84.8. The van der Waals surface area contributed by atoms with Gasteiger partial charge in [0.2, 0.25) is 70.9 Å². The molecular weight excluding hydrogens is 1360 g/mol. The van der Waals surface area contributed by atoms with Crippen molar-refractivity contribution in [3.05, 3.63) is 34.3 Å². The van der Waals surface area contributed by atoms with E-state index in [4.69, 9.17) is 21.1 Å². The molecule has 1 aromatic rings. The van der Waals surface area contributed by atoms with Gasteiger partial charge in [-0.25, -0.2) is 0 Å². The second-order valence-electron chi connectivity index (χ2n) is 29.4. The highest BCUT2D eigenvalue weighted by Gasteiger charge is 2.46. The summed E-state index contributed by atoms with van der Waals surface area (Å²) in [6.45, 7) is 8.35. The summed E-state index contributed by atoms with van der Waals surface area (Å²) >= 11 is 6.14. The van der Waals surface area contributed by atoms with Gasteiger partial charge >= 0.3 is 6.18 Å². The number of carbonyl (C=O) groups excluding carboxylic acids is 12. The normalized spacial score (nSPS) is 26.4. The van der Waals surface area contributed by atoms with E-state index < -0.39 is 162 Å². The van der Waals surface area contributed by atoms with E-state index >= 15 is 9.59 Å². The van der Waals surface area contributed by atoms with Crippen LogP contribution < -0.4 is 16.0 Å². The molecule has 5 fully saturated rings. The van der Waals surface area contributed by atoms with Crippen molar-refractivity contribution in [3.63, 3.8) is 0 Å². The molecule has 0 aromatic heterocycles. The summed E-state index contributed by atoms with van der Waals surface area (Å²) in [6.07, 6.45) is 3.09. The van der Waals surface area contributed by atoms with E-state index in [1.54, 1.807) is 20.9 Å². The number of hydrogen-bond donors (Lipinski definition) is 3. The molecule has 578 valence electrons. The van der Waals surface area contributed by atoms with Gasteiger partial charge in [0, 0.05) is 95.0 Å². The molecule has 5 aliphatic rings. The number of nitrogens with zero attached hydrogens (tertiary/aromatic N) is 9. The lowest BCUT2D eigenvalue weighted by atomic mass is 9.82. The van der Waals surface area contributed by atoms with Crippen LogP contribution in [-0.4, -0.2) is 278 Å². The molecule has 0 spiro atoms. The summed E-state index contributed by atoms with van der Waals surface area (Å²) in [6, 6.07) is -5.36. The third kappa shape index (κ3) is 23.7. The van der Waals surface area contributed by atoms with Crippen LogP contribution in [0.5, 0.6) is 0 Å². The second-order valence-corrected chi connectivity index (χ2v) is 29.8. The molecule has 0 radical (unpaired) electrons. The molecule has 26 nitrogen and oxygen atoms in total. The van der Waals surface area contributed by atoms with Crippen LogP contribution in [0, 0.1) is 23.7 Å². The quantitative estimate of drug-likeness (QED) is 0.231. The van der Waals surface area contributed by atoms with E-state index in [1.807, 2.05) is 20.8 Å². The number of halogens is 4. The standard InChI is InChI=1S/C73H114ClF3N12O14/c1-13-47(5)64-71(100)83(8)44-62(93)81(6)45-63(94)85(10)57(39-48-23-17-15-18-24-48)69(98)82(7)43-59(90)79-54(31-29-49-28-30-52(53(74)38-49)73(75,76)77)68(97)89-42-51(103-14-2)40-56(89)66(95)78-32-22-21-27-60(91)87(12)65(50-25-19-16-20-26-50)72(101)86(11)58(70(99)88-33-35-102-36-34-88)41-61(92)84(9)55(37-46(3)4)67(96)80-64/h28,30,38,46-48,50-51,54-58,64-65H,13-27,29,31-37,39-45H2,1-12H3,(H,78,95)(H,79,90)(H,80,96)/t47-,51+,54-,55-,56-,57-,58-,64-,65-/m0/s1. The average Bonchev–Trinajstić information content (AvgIpc) is 1.80. The first-order valence-corrected chi connectivity index (χ1v) is 37.4. The maximum absolute atomic E-state index is 15.4. The molecule has 0 unspecified atom stereocenters. The third-order valence-electron chi connectivity index (χ3n) is 21.4. The molecule has 3 N–H and O–H groups in total. The van der Waals surface area contributed by atoms with Gasteiger partial charge < -0.3 is 69.5 Å². The van der Waals surface area contributed by atoms with Crippen LogP contribution in [0.3, 0.4) is 0 Å². The van der Waals surface area contributed by atoms with Crippen molar-refractivity contribution in [1.82, 2.24) is 60.0 Å². The Labute approximate surface area is 610 Å². The summed E-state index contributed by atoms with van der Waals surface area (Å²) in [4.78, 5) is 188. The number of fused-ring (bicyclic) bond motifs is 1. The third-order valence-corrected chi connectivity index (χ3v) is 21.7. The fraction of sp³-hybridized carbons (Fsp3) is 0.753. The lowest BCUT2D eigenvalue weighted by molar-refractivity contribution is -0.156. The molecule has 0 bridgehead atoms. The molecule has 12 amide bonds. The fourth-order valence-electron chi connectivity index (χ4n) is 14.8. The van der Waals surface area contributed by atoms with Crippen molar-refractivity contribution < 1.29 is 80.2 Å². The first-order valence-electron chi connectivity index (χ1n) is 37.0. The van der Waals surface area contributed by atoms with E-state index in [0.717, 1.165) is 78.2 Å². The molecule has 3 saturated heterocycles. The van der Waals surface area contributed by atoms with Gasteiger partial charge in [0.05, 0.1) is 56.0 Å². The second kappa shape index (κ2) is 39.8. The Hall–Kier alpha value is -7.14. The molecule has 3 heterocycles. The molecule has 2 saturated carbocycles. The van der Waals surface area contributed by atoms with Gasteiger partial charge in [-0.1, -0.05) is 103 Å². The summed E-state index contributed by atoms with van der Waals surface area (Å²) in [5.41, 5.74) is -0.767. The van der Waals surface area contributed by atoms with Crippen LogP contribution in [0.4, 0.5) is 13.2 Å². The van der Waals surface area contributed by atoms with Gasteiger partial charge in [0.1, 0.15) is 42.3 Å². The first-order chi connectivity index (χ1) is 48.7. The van der Waals surface area contributed by atoms with Crippen LogP contribution in [0.1, 0.15) is 168 Å². The van der Waals surface area contributed by atoms with Crippen LogP contribution in [0.25, 0.3) is 0 Å². The molecule has 6 rings (SSSR count). The maximum atomic E-state index is 15.4. The number of morpholine rings is 1. The highest BCUT2D eigenvalue weighted by Crippen LogP contribution is 2.36. The Kier molecular flexibility index (Phi) is 32.8. The molecule has 9 atom stereocenters. The highest BCUT2D eigenvalue weighted by atomic mass is 35.5. The lowest BCUT2D eigenvalue weighted by Crippen LogP contribution is -2.60. The van der Waals surface area contributed by atoms with Crippen LogP contribution >= 0.6 is 11.6 Å². The van der Waals surface area contributed by atoms with Gasteiger partial charge in [0.15, 0.2) is 0 Å². The average molecular weight is 1480 g/mol. The SMILES string of the molecule is CCO[C@@H]1C[C@H]2C(=O)NCCCCC(=O)N(C)[C@@H](C3CCCCC3)C(=O)N(C)[C@H](C(=O)N3CCOCC3)CC(=O)N(C)[C@@H](CC(C)C)C(=O)N[C@@H]([C@@H](C)CC)C(=O)N(C)CC(=O)N(C)CC(=O)N(C)[C@@H](CC3CCCCC3)C(=O)N(C)CC(=O)N[C@@H](CCc3ccc(C(F)(F)F)c(Cl)c3)C(=O)N2C1. The minimum Gasteiger partial charge on any atom is -0.378 e. The zero-order valence-electron chi connectivity index (χ0n) is 62.6. The van der Waals surface area contributed by atoms with Gasteiger partial charge in [-0.2, -0.15) is 13.2 Å². The number of nitrogens with one attached hydrogen (secondary N) is 3. The van der Waals surface area contributed by atoms with Gasteiger partial charge in [-0.05, 0) is 99.7 Å². The van der Waals surface area contributed by atoms with E-state index in [2.05, 4.69) is 16.0 Å². The molecule has 1 aromatic carbocycles. The Balaban J connectivity index is 1.37. The number of likely N-dealkylation sites (N-methyl/N-ethyl adjacent to an activating group) is 7. The van der Waals surface area contributed by atoms with Crippen molar-refractivity contribution in [2.24, 2.45) is 23.7 Å². The number of aryl methyl sites for hydroxylation is 1. The Morgan fingerprint density at radius 1 is 0.670 bits per heavy atom. The Morgan fingerprint density at radius 3 is 1.90 bits per heavy atom. The molecule has 30 heteroatoms. The number of alkyl halides is 3. The summed E-state index contributed by atoms with van der Waals surface area (Å²) in [7, 11) is 10.00. The van der Waals surface area contributed by atoms with Crippen molar-refractivity contribution in [3.8, 4) is 0 Å². The largest absolute Gasteiger partial charge is 0.417 e. The van der Waals surface area contributed by atoms with Crippen molar-refractivity contribution >= 4 is 82.5 Å². The van der Waals surface area contributed by atoms with Crippen LogP contribution in [0.15, 0.2) is 18.2 Å². The lowest BCUT2D eigenvalue weighted by Gasteiger charge is -2.41. The molecule has 2 aliphatic carbocycles. The minimum atomic E-state index is -4.75. The van der Waals surface area contributed by atoms with E-state index in [-0.39, 0.29) is 121 Å². The summed E-state index contributed by atoms with van der Waals surface area (Å²) in [5, 5.41) is 7.98. The van der Waals surface area contributed by atoms with Gasteiger partial charge in [-0.15, -0.1) is 0 Å². The Morgan fingerprint density at radius 2 is 1.29 bits per heavy atom. The zero-order chi connectivity index (χ0) is 76.2. The number of carbonyl (C=O) groups is 12. The van der Waals surface area contributed by atoms with Gasteiger partial charge in [-0.3, -0.25) is 57.5 Å². The predicted octanol–water partition coefficient (Wildman–Crippen LogP) is 5.14. The highest BCUT2D eigenvalue weighted by molar-refractivity contribution is 6.31. The molecule has 3 aliphatic heterocycles. The Bertz CT molecular complexity index is 3110. The zero-order valence-corrected chi connectivity index (χ0v) is 63.4. The smallest absolute Gasteiger partial charge is 0.378 e. The van der Waals surface area contributed by atoms with Crippen LogP contribution in [-0.2, 0) is 79.6 Å². The summed E-state index contributed by atoms with van der Waals surface area (Å²) in [5.74, 6) is -8.40. The van der Waals surface area contributed by atoms with E-state index in [1.165, 1.54) is 77.8 Å². The monoisotopic (exact) mass is 1470 g/mol. The predicted molar refractivity (Wildman–Crippen MR) is 379 cm³/mol. The van der Waals surface area contributed by atoms with Crippen molar-refractivity contribution in [2.45, 2.75) is 218 Å². The number of ether oxygens (including phenoxy) is 2. The molecular formula is C73H114ClF3N12O14.